The third kappa shape index (κ3) is 7.15. The van der Waals surface area contributed by atoms with Crippen LogP contribution in [0, 0.1) is 28.7 Å². The molecule has 174 valence electrons. The first-order valence-electron chi connectivity index (χ1n) is 10.0. The molecule has 0 fully saturated rings. The van der Waals surface area contributed by atoms with E-state index in [4.69, 9.17) is 0 Å². The Morgan fingerprint density at radius 3 is 1.12 bits per heavy atom. The van der Waals surface area contributed by atoms with Crippen molar-refractivity contribution in [2.75, 3.05) is 0 Å². The molecule has 0 N–H and O–H groups in total. The molecule has 0 saturated heterocycles. The normalized spacial score (nSPS) is 9.41. The van der Waals surface area contributed by atoms with Crippen LogP contribution in [0.25, 0.3) is 43.1 Å². The van der Waals surface area contributed by atoms with Crippen molar-refractivity contribution in [1.29, 1.82) is 0 Å². The molecule has 0 bridgehead atoms. The summed E-state index contributed by atoms with van der Waals surface area (Å²) < 4.78 is 0. The fraction of sp³-hybridized carbons (Fsp3) is 0.0667. The average Bonchev–Trinajstić information content (AvgIpc) is 3.31. The van der Waals surface area contributed by atoms with Crippen molar-refractivity contribution in [1.82, 2.24) is 0 Å². The second kappa shape index (κ2) is 14.6. The van der Waals surface area contributed by atoms with Crippen molar-refractivity contribution < 1.29 is 48.1 Å². The first kappa shape index (κ1) is 32.3. The van der Waals surface area contributed by atoms with Crippen LogP contribution in [-0.4, -0.2) is 6.88 Å². The zero-order chi connectivity index (χ0) is 21.1. The minimum atomic E-state index is 0. The molecule has 4 heteroatoms. The molecule has 0 saturated carbocycles. The van der Waals surface area contributed by atoms with E-state index in [2.05, 4.69) is 118 Å². The number of halogens is 2. The molecule has 6 aromatic rings. The fourth-order valence-corrected chi connectivity index (χ4v) is 4.12. The van der Waals surface area contributed by atoms with Crippen LogP contribution in [0.2, 0.25) is 0 Å². The van der Waals surface area contributed by atoms with E-state index >= 15 is 0 Å². The Balaban J connectivity index is 0.000000538. The van der Waals surface area contributed by atoms with Crippen molar-refractivity contribution in [2.24, 2.45) is 0 Å². The van der Waals surface area contributed by atoms with E-state index in [1.165, 1.54) is 77.6 Å². The second-order valence-corrected chi connectivity index (χ2v) is 7.72. The summed E-state index contributed by atoms with van der Waals surface area (Å²) in [7, 11) is 0. The third-order valence-corrected chi connectivity index (χ3v) is 5.44. The average molecular weight is 579 g/mol. The molecule has 0 atom stereocenters. The number of benzene rings is 4. The number of hydrogen-bond donors (Lipinski definition) is 0. The number of hydrogen-bond acceptors (Lipinski definition) is 0. The van der Waals surface area contributed by atoms with E-state index < -0.39 is 0 Å². The zero-order valence-corrected chi connectivity index (χ0v) is 25.0. The fourth-order valence-electron chi connectivity index (χ4n) is 4.12. The van der Waals surface area contributed by atoms with Gasteiger partial charge in [-0.1, -0.05) is 85.3 Å². The van der Waals surface area contributed by atoms with Gasteiger partial charge in [0.2, 0.25) is 0 Å². The van der Waals surface area contributed by atoms with Crippen LogP contribution in [-0.2, 0) is 23.3 Å². The summed E-state index contributed by atoms with van der Waals surface area (Å²) >= 11 is 1.36. The molecule has 6 aromatic carbocycles. The van der Waals surface area contributed by atoms with Gasteiger partial charge in [0.05, 0.1) is 0 Å². The second-order valence-electron chi connectivity index (χ2n) is 7.72. The van der Waals surface area contributed by atoms with E-state index in [-0.39, 0.29) is 39.7 Å². The summed E-state index contributed by atoms with van der Waals surface area (Å²) in [5.41, 5.74) is 2.69. The van der Waals surface area contributed by atoms with Crippen molar-refractivity contribution in [3.8, 4) is 0 Å². The summed E-state index contributed by atoms with van der Waals surface area (Å²) in [4.78, 5) is 0. The first-order valence-corrected chi connectivity index (χ1v) is 14.2. The van der Waals surface area contributed by atoms with Crippen molar-refractivity contribution >= 4 is 50.0 Å². The van der Waals surface area contributed by atoms with Crippen LogP contribution in [0.5, 0.6) is 0 Å². The molecule has 0 aromatic heterocycles. The zero-order valence-electron chi connectivity index (χ0n) is 20.0. The van der Waals surface area contributed by atoms with Crippen molar-refractivity contribution in [3.05, 3.63) is 123 Å². The SMILES string of the molecule is Cc1cc2cc3ccccc3cc2[cH-]1.Cc1cc2cc3ccccc3cc2[cH-]1.[CH3-].[CH3-].[Cl-].[Cl-].[Si]=[Zr+2]. The van der Waals surface area contributed by atoms with E-state index in [1.807, 2.05) is 0 Å². The van der Waals surface area contributed by atoms with Crippen LogP contribution >= 0.6 is 0 Å². The predicted octanol–water partition coefficient (Wildman–Crippen LogP) is 2.57. The van der Waals surface area contributed by atoms with Crippen LogP contribution in [0.1, 0.15) is 11.1 Å². The Morgan fingerprint density at radius 2 is 0.794 bits per heavy atom. The Kier molecular flexibility index (Phi) is 13.9. The van der Waals surface area contributed by atoms with E-state index in [1.54, 1.807) is 0 Å². The summed E-state index contributed by atoms with van der Waals surface area (Å²) in [6.07, 6.45) is 0. The van der Waals surface area contributed by atoms with E-state index in [0.717, 1.165) is 0 Å². The van der Waals surface area contributed by atoms with Crippen LogP contribution in [0.4, 0.5) is 0 Å². The molecular weight excluding hydrogens is 551 g/mol. The minimum absolute atomic E-state index is 0. The van der Waals surface area contributed by atoms with Crippen LogP contribution < -0.4 is 24.8 Å². The van der Waals surface area contributed by atoms with Gasteiger partial charge in [-0.05, 0) is 10.8 Å². The Labute approximate surface area is 233 Å². The Morgan fingerprint density at radius 1 is 0.500 bits per heavy atom. The molecule has 0 aliphatic rings. The first-order chi connectivity index (χ1) is 14.7. The van der Waals surface area contributed by atoms with Gasteiger partial charge in [0.25, 0.3) is 0 Å². The van der Waals surface area contributed by atoms with Gasteiger partial charge >= 0.3 is 30.2 Å². The van der Waals surface area contributed by atoms with Crippen molar-refractivity contribution in [2.45, 2.75) is 13.8 Å². The van der Waals surface area contributed by atoms with Gasteiger partial charge in [0.15, 0.2) is 0 Å². The van der Waals surface area contributed by atoms with E-state index in [9.17, 15) is 0 Å². The van der Waals surface area contributed by atoms with Crippen molar-refractivity contribution in [3.63, 3.8) is 0 Å². The number of aryl methyl sites for hydroxylation is 2. The third-order valence-electron chi connectivity index (χ3n) is 5.44. The number of fused-ring (bicyclic) bond motifs is 4. The van der Waals surface area contributed by atoms with Gasteiger partial charge in [0, 0.05) is 0 Å². The van der Waals surface area contributed by atoms with Gasteiger partial charge in [-0.25, -0.2) is 0 Å². The molecule has 0 heterocycles. The maximum atomic E-state index is 3.06. The molecule has 0 nitrogen and oxygen atoms in total. The Bertz CT molecular complexity index is 1250. The molecule has 6 rings (SSSR count). The molecular formula is C30H28Cl2SiZr-4. The molecule has 0 unspecified atom stereocenters. The molecule has 2 radical (unpaired) electrons. The summed E-state index contributed by atoms with van der Waals surface area (Å²) in [5, 5.41) is 10.7. The van der Waals surface area contributed by atoms with Gasteiger partial charge in [-0.2, -0.15) is 12.1 Å². The monoisotopic (exact) mass is 576 g/mol. The molecule has 0 spiro atoms. The van der Waals surface area contributed by atoms with Gasteiger partial charge in [-0.3, -0.25) is 0 Å². The molecule has 0 aliphatic heterocycles. The predicted molar refractivity (Wildman–Crippen MR) is 142 cm³/mol. The topological polar surface area (TPSA) is 0 Å². The standard InChI is InChI=1S/2C14H11.2CH3.2ClH.Si.Zr/c2*1-10-6-13-8-11-4-2-3-5-12(11)9-14(13)7-10;;;;;;/h2*2-9H,1H3;2*1H3;2*1H;;/q4*-1;;;;+2/p-2. The quantitative estimate of drug-likeness (QED) is 0.192. The summed E-state index contributed by atoms with van der Waals surface area (Å²) in [6, 6.07) is 35.0. The molecule has 0 aliphatic carbocycles. The van der Waals surface area contributed by atoms with Crippen LogP contribution in [0.3, 0.4) is 0 Å². The van der Waals surface area contributed by atoms with Crippen LogP contribution in [0.15, 0.2) is 97.1 Å². The number of rotatable bonds is 0. The van der Waals surface area contributed by atoms with E-state index in [0.29, 0.717) is 0 Å². The molecule has 34 heavy (non-hydrogen) atoms. The molecule has 0 amide bonds. The Hall–Kier alpha value is -1.70. The maximum absolute atomic E-state index is 3.06. The van der Waals surface area contributed by atoms with Gasteiger partial charge in [-0.15, -0.1) is 56.9 Å². The van der Waals surface area contributed by atoms with Gasteiger partial charge in [0.1, 0.15) is 0 Å². The summed E-state index contributed by atoms with van der Waals surface area (Å²) in [6.45, 7) is 7.35. The summed E-state index contributed by atoms with van der Waals surface area (Å²) in [5.74, 6) is 0. The van der Waals surface area contributed by atoms with Gasteiger partial charge < -0.3 is 39.7 Å².